The Kier molecular flexibility index (Phi) is 9.87. The third kappa shape index (κ3) is 7.22. The summed E-state index contributed by atoms with van der Waals surface area (Å²) in [6.45, 7) is 0.560. The Morgan fingerprint density at radius 2 is 1.57 bits per heavy atom. The summed E-state index contributed by atoms with van der Waals surface area (Å²) in [5, 5.41) is 9.56. The SMILES string of the molecule is COc1nc(OC)c(CN2C[C@@H]3CN(C(=O)CO)CCN3[C@H](C(c3ccccc3)c3ccccc3)C2)c(OCC(F)(F)F)n1. The molecule has 0 saturated carbocycles. The van der Waals surface area contributed by atoms with Crippen LogP contribution < -0.4 is 14.2 Å². The number of hydrogen-bond donors (Lipinski definition) is 1. The Morgan fingerprint density at radius 1 is 0.932 bits per heavy atom. The summed E-state index contributed by atoms with van der Waals surface area (Å²) in [6.07, 6.45) is -4.58. The van der Waals surface area contributed by atoms with Crippen molar-refractivity contribution in [3.05, 3.63) is 77.4 Å². The zero-order chi connectivity index (χ0) is 31.3. The molecule has 2 aromatic carbocycles. The summed E-state index contributed by atoms with van der Waals surface area (Å²) in [4.78, 5) is 27.0. The minimum atomic E-state index is -4.58. The first-order chi connectivity index (χ1) is 21.2. The summed E-state index contributed by atoms with van der Waals surface area (Å²) < 4.78 is 55.3. The second kappa shape index (κ2) is 13.8. The first kappa shape index (κ1) is 31.5. The standard InChI is InChI=1S/C31H36F3N5O5/c1-42-28-24(29(36-30(35-28)43-2)44-20-31(32,33)34)17-37-15-23-16-38(26(41)19-40)13-14-39(23)25(18-37)27(21-9-5-3-6-10-21)22-11-7-4-8-12-22/h3-12,23,25,27,40H,13-20H2,1-2H3/t23-,25+/m1/s1. The van der Waals surface area contributed by atoms with Gasteiger partial charge in [-0.15, -0.1) is 0 Å². The van der Waals surface area contributed by atoms with Gasteiger partial charge in [0.05, 0.1) is 19.8 Å². The number of halogens is 3. The molecule has 2 aliphatic rings. The first-order valence-corrected chi connectivity index (χ1v) is 14.4. The molecule has 44 heavy (non-hydrogen) atoms. The average Bonchev–Trinajstić information content (AvgIpc) is 3.04. The van der Waals surface area contributed by atoms with E-state index in [9.17, 15) is 23.1 Å². The van der Waals surface area contributed by atoms with Crippen LogP contribution >= 0.6 is 0 Å². The van der Waals surface area contributed by atoms with Gasteiger partial charge in [-0.2, -0.15) is 23.1 Å². The van der Waals surface area contributed by atoms with Gasteiger partial charge in [0, 0.05) is 57.3 Å². The number of aliphatic hydroxyl groups excluding tert-OH is 1. The largest absolute Gasteiger partial charge is 0.481 e. The van der Waals surface area contributed by atoms with Crippen LogP contribution in [0.1, 0.15) is 22.6 Å². The molecule has 236 valence electrons. The molecule has 10 nitrogen and oxygen atoms in total. The molecular formula is C31H36F3N5O5. The van der Waals surface area contributed by atoms with Crippen molar-refractivity contribution < 1.29 is 37.3 Å². The van der Waals surface area contributed by atoms with Gasteiger partial charge in [-0.3, -0.25) is 14.6 Å². The van der Waals surface area contributed by atoms with Gasteiger partial charge in [-0.25, -0.2) is 0 Å². The monoisotopic (exact) mass is 615 g/mol. The molecule has 1 amide bonds. The highest BCUT2D eigenvalue weighted by atomic mass is 19.4. The smallest absolute Gasteiger partial charge is 0.422 e. The second-order valence-electron chi connectivity index (χ2n) is 10.9. The Bertz CT molecular complexity index is 1360. The summed E-state index contributed by atoms with van der Waals surface area (Å²) in [5.41, 5.74) is 2.51. The summed E-state index contributed by atoms with van der Waals surface area (Å²) in [5.74, 6) is -0.600. The molecule has 3 heterocycles. The lowest BCUT2D eigenvalue weighted by molar-refractivity contribution is -0.154. The lowest BCUT2D eigenvalue weighted by Gasteiger charge is -2.53. The number of methoxy groups -OCH3 is 2. The fraction of sp³-hybridized carbons (Fsp3) is 0.452. The molecule has 2 atom stereocenters. The van der Waals surface area contributed by atoms with Gasteiger partial charge in [-0.1, -0.05) is 60.7 Å². The Balaban J connectivity index is 1.54. The summed E-state index contributed by atoms with van der Waals surface area (Å²) >= 11 is 0. The number of ether oxygens (including phenoxy) is 3. The van der Waals surface area contributed by atoms with Gasteiger partial charge in [0.1, 0.15) is 6.61 Å². The van der Waals surface area contributed by atoms with E-state index in [1.165, 1.54) is 14.2 Å². The van der Waals surface area contributed by atoms with Gasteiger partial charge < -0.3 is 24.2 Å². The number of rotatable bonds is 10. The molecule has 1 aromatic heterocycles. The molecule has 2 saturated heterocycles. The van der Waals surface area contributed by atoms with E-state index in [1.54, 1.807) is 4.90 Å². The van der Waals surface area contributed by atoms with E-state index in [2.05, 4.69) is 44.0 Å². The molecule has 3 aromatic rings. The maximum atomic E-state index is 13.2. The highest BCUT2D eigenvalue weighted by molar-refractivity contribution is 5.77. The van der Waals surface area contributed by atoms with Crippen molar-refractivity contribution in [2.75, 3.05) is 60.2 Å². The summed E-state index contributed by atoms with van der Waals surface area (Å²) in [6, 6.07) is 20.0. The van der Waals surface area contributed by atoms with Crippen LogP contribution in [0.4, 0.5) is 13.2 Å². The Labute approximate surface area is 254 Å². The van der Waals surface area contributed by atoms with Crippen LogP contribution in [-0.4, -0.2) is 114 Å². The minimum absolute atomic E-state index is 0.0437. The van der Waals surface area contributed by atoms with Crippen LogP contribution in [0.3, 0.4) is 0 Å². The van der Waals surface area contributed by atoms with E-state index >= 15 is 0 Å². The highest BCUT2D eigenvalue weighted by Gasteiger charge is 2.43. The van der Waals surface area contributed by atoms with Crippen molar-refractivity contribution in [1.29, 1.82) is 0 Å². The third-order valence-electron chi connectivity index (χ3n) is 8.10. The van der Waals surface area contributed by atoms with Crippen molar-refractivity contribution >= 4 is 5.91 Å². The number of amides is 1. The van der Waals surface area contributed by atoms with Crippen molar-refractivity contribution in [1.82, 2.24) is 24.7 Å². The quantitative estimate of drug-likeness (QED) is 0.369. The van der Waals surface area contributed by atoms with Crippen LogP contribution in [0.5, 0.6) is 17.8 Å². The Morgan fingerprint density at radius 3 is 2.14 bits per heavy atom. The predicted octanol–water partition coefficient (Wildman–Crippen LogP) is 2.96. The van der Waals surface area contributed by atoms with Crippen molar-refractivity contribution in [3.8, 4) is 17.8 Å². The fourth-order valence-corrected chi connectivity index (χ4v) is 6.23. The van der Waals surface area contributed by atoms with Crippen molar-refractivity contribution in [3.63, 3.8) is 0 Å². The van der Waals surface area contributed by atoms with Gasteiger partial charge in [-0.05, 0) is 11.1 Å². The normalized spacial score (nSPS) is 19.5. The maximum absolute atomic E-state index is 13.2. The molecule has 1 N–H and O–H groups in total. The number of carbonyl (C=O) groups is 1. The third-order valence-corrected chi connectivity index (χ3v) is 8.10. The number of piperazine rings is 2. The molecule has 0 bridgehead atoms. The zero-order valence-electron chi connectivity index (χ0n) is 24.6. The second-order valence-corrected chi connectivity index (χ2v) is 10.9. The number of nitrogens with zero attached hydrogens (tertiary/aromatic N) is 5. The van der Waals surface area contributed by atoms with Gasteiger partial charge >= 0.3 is 12.2 Å². The predicted molar refractivity (Wildman–Crippen MR) is 155 cm³/mol. The van der Waals surface area contributed by atoms with Crippen LogP contribution in [-0.2, 0) is 11.3 Å². The van der Waals surface area contributed by atoms with E-state index in [4.69, 9.17) is 14.2 Å². The molecule has 2 fully saturated rings. The molecule has 0 unspecified atom stereocenters. The van der Waals surface area contributed by atoms with E-state index in [0.717, 1.165) is 11.1 Å². The maximum Gasteiger partial charge on any atom is 0.422 e. The number of aliphatic hydroxyl groups is 1. The first-order valence-electron chi connectivity index (χ1n) is 14.4. The van der Waals surface area contributed by atoms with Gasteiger partial charge in [0.25, 0.3) is 0 Å². The van der Waals surface area contributed by atoms with Crippen LogP contribution in [0, 0.1) is 0 Å². The molecule has 5 rings (SSSR count). The molecule has 2 aliphatic heterocycles. The van der Waals surface area contributed by atoms with E-state index in [0.29, 0.717) is 32.7 Å². The van der Waals surface area contributed by atoms with E-state index in [1.807, 2.05) is 36.4 Å². The molecule has 0 aliphatic carbocycles. The number of carbonyl (C=O) groups excluding carboxylic acids is 1. The van der Waals surface area contributed by atoms with Crippen LogP contribution in [0.25, 0.3) is 0 Å². The lowest BCUT2D eigenvalue weighted by atomic mass is 9.81. The fourth-order valence-electron chi connectivity index (χ4n) is 6.23. The van der Waals surface area contributed by atoms with Crippen molar-refractivity contribution in [2.24, 2.45) is 0 Å². The summed E-state index contributed by atoms with van der Waals surface area (Å²) in [7, 11) is 2.68. The number of hydrogen-bond acceptors (Lipinski definition) is 9. The number of fused-ring (bicyclic) bond motifs is 1. The molecule has 0 spiro atoms. The molecule has 0 radical (unpaired) electrons. The lowest BCUT2D eigenvalue weighted by Crippen LogP contribution is -2.67. The van der Waals surface area contributed by atoms with Crippen LogP contribution in [0.15, 0.2) is 60.7 Å². The van der Waals surface area contributed by atoms with Crippen molar-refractivity contribution in [2.45, 2.75) is 30.7 Å². The van der Waals surface area contributed by atoms with E-state index < -0.39 is 19.4 Å². The number of alkyl halides is 3. The highest BCUT2D eigenvalue weighted by Crippen LogP contribution is 2.37. The van der Waals surface area contributed by atoms with Crippen LogP contribution in [0.2, 0.25) is 0 Å². The zero-order valence-corrected chi connectivity index (χ0v) is 24.6. The number of aromatic nitrogens is 2. The molecular weight excluding hydrogens is 579 g/mol. The Hall–Kier alpha value is -3.94. The average molecular weight is 616 g/mol. The topological polar surface area (TPSA) is 100 Å². The molecule has 13 heteroatoms. The number of benzene rings is 2. The van der Waals surface area contributed by atoms with Gasteiger partial charge in [0.2, 0.25) is 17.7 Å². The van der Waals surface area contributed by atoms with E-state index in [-0.39, 0.29) is 53.8 Å². The minimum Gasteiger partial charge on any atom is -0.481 e. The van der Waals surface area contributed by atoms with Gasteiger partial charge in [0.15, 0.2) is 6.61 Å².